The molecule has 1 saturated heterocycles. The molecule has 3 heterocycles. The van der Waals surface area contributed by atoms with Gasteiger partial charge in [0.15, 0.2) is 4.80 Å². The Hall–Kier alpha value is -2.33. The zero-order valence-electron chi connectivity index (χ0n) is 16.9. The van der Waals surface area contributed by atoms with Gasteiger partial charge >= 0.3 is 0 Å². The molecule has 2 aromatic heterocycles. The van der Waals surface area contributed by atoms with E-state index < -0.39 is 15.9 Å². The minimum atomic E-state index is -3.56. The van der Waals surface area contributed by atoms with E-state index in [2.05, 4.69) is 29.3 Å². The summed E-state index contributed by atoms with van der Waals surface area (Å²) in [7, 11) is -1.63. The first-order valence-corrected chi connectivity index (χ1v) is 13.2. The van der Waals surface area contributed by atoms with Crippen LogP contribution in [0.2, 0.25) is 0 Å². The quantitative estimate of drug-likeness (QED) is 0.454. The molecule has 0 radical (unpaired) electrons. The van der Waals surface area contributed by atoms with Crippen molar-refractivity contribution in [2.24, 2.45) is 18.0 Å². The minimum absolute atomic E-state index is 0.181. The molecule has 0 aliphatic carbocycles. The molecule has 0 bridgehead atoms. The SMILES string of the molecule is Cn1c(=NC(=O)C2CCCN(S(=O)(=O)c3cccs3)C2)sc2ccc3ccccc3c21. The summed E-state index contributed by atoms with van der Waals surface area (Å²) in [6, 6.07) is 15.6. The van der Waals surface area contributed by atoms with Crippen LogP contribution in [0.4, 0.5) is 0 Å². The molecule has 1 atom stereocenters. The number of hydrogen-bond donors (Lipinski definition) is 0. The Morgan fingerprint density at radius 3 is 2.77 bits per heavy atom. The van der Waals surface area contributed by atoms with Gasteiger partial charge in [0, 0.05) is 25.5 Å². The average molecular weight is 472 g/mol. The van der Waals surface area contributed by atoms with Crippen LogP contribution in [0.25, 0.3) is 21.0 Å². The van der Waals surface area contributed by atoms with E-state index in [1.165, 1.54) is 27.0 Å². The number of benzene rings is 2. The van der Waals surface area contributed by atoms with Crippen LogP contribution in [0.3, 0.4) is 0 Å². The molecule has 1 amide bonds. The minimum Gasteiger partial charge on any atom is -0.319 e. The highest BCUT2D eigenvalue weighted by molar-refractivity contribution is 7.91. The summed E-state index contributed by atoms with van der Waals surface area (Å²) in [6.07, 6.45) is 1.30. The number of rotatable bonds is 3. The number of amides is 1. The van der Waals surface area contributed by atoms with Crippen LogP contribution in [0.15, 0.2) is 63.1 Å². The number of carbonyl (C=O) groups excluding carboxylic acids is 1. The number of thiazole rings is 1. The van der Waals surface area contributed by atoms with Crippen molar-refractivity contribution in [1.29, 1.82) is 0 Å². The van der Waals surface area contributed by atoms with Crippen LogP contribution in [0.5, 0.6) is 0 Å². The number of aromatic nitrogens is 1. The smallest absolute Gasteiger partial charge is 0.252 e. The largest absolute Gasteiger partial charge is 0.319 e. The molecule has 5 rings (SSSR count). The van der Waals surface area contributed by atoms with Gasteiger partial charge < -0.3 is 4.57 Å². The molecule has 0 spiro atoms. The lowest BCUT2D eigenvalue weighted by atomic mass is 9.99. The second-order valence-electron chi connectivity index (χ2n) is 7.66. The number of fused-ring (bicyclic) bond motifs is 3. The van der Waals surface area contributed by atoms with Crippen molar-refractivity contribution in [3.05, 3.63) is 58.7 Å². The van der Waals surface area contributed by atoms with Gasteiger partial charge in [0.05, 0.1) is 16.1 Å². The molecule has 1 fully saturated rings. The molecule has 160 valence electrons. The fraction of sp³-hybridized carbons (Fsp3) is 0.273. The number of nitrogens with zero attached hydrogens (tertiary/aromatic N) is 3. The number of hydrogen-bond acceptors (Lipinski definition) is 5. The van der Waals surface area contributed by atoms with Gasteiger partial charge in [-0.2, -0.15) is 9.30 Å². The first kappa shape index (κ1) is 20.6. The summed E-state index contributed by atoms with van der Waals surface area (Å²) >= 11 is 2.68. The van der Waals surface area contributed by atoms with Gasteiger partial charge in [-0.25, -0.2) is 8.42 Å². The molecule has 1 unspecified atom stereocenters. The van der Waals surface area contributed by atoms with E-state index in [0.29, 0.717) is 28.4 Å². The molecule has 6 nitrogen and oxygen atoms in total. The summed E-state index contributed by atoms with van der Waals surface area (Å²) in [5.41, 5.74) is 1.06. The molecule has 0 N–H and O–H groups in total. The van der Waals surface area contributed by atoms with Crippen LogP contribution in [0, 0.1) is 5.92 Å². The second kappa shape index (κ2) is 7.98. The van der Waals surface area contributed by atoms with Crippen molar-refractivity contribution < 1.29 is 13.2 Å². The Morgan fingerprint density at radius 1 is 1.13 bits per heavy atom. The van der Waals surface area contributed by atoms with Crippen LogP contribution in [-0.2, 0) is 21.9 Å². The van der Waals surface area contributed by atoms with Crippen LogP contribution in [-0.4, -0.2) is 36.3 Å². The maximum Gasteiger partial charge on any atom is 0.252 e. The number of piperidine rings is 1. The third-order valence-electron chi connectivity index (χ3n) is 5.72. The molecular formula is C22H21N3O3S3. The van der Waals surface area contributed by atoms with E-state index in [1.54, 1.807) is 17.5 Å². The lowest BCUT2D eigenvalue weighted by molar-refractivity contribution is -0.122. The predicted octanol–water partition coefficient (Wildman–Crippen LogP) is 3.98. The van der Waals surface area contributed by atoms with Gasteiger partial charge in [0.2, 0.25) is 0 Å². The molecule has 4 aromatic rings. The van der Waals surface area contributed by atoms with E-state index in [1.807, 2.05) is 23.7 Å². The molecule has 1 aliphatic heterocycles. The normalized spacial score (nSPS) is 18.7. The van der Waals surface area contributed by atoms with Gasteiger partial charge in [-0.1, -0.05) is 47.7 Å². The van der Waals surface area contributed by atoms with E-state index in [9.17, 15) is 13.2 Å². The third kappa shape index (κ3) is 3.65. The molecule has 0 saturated carbocycles. The van der Waals surface area contributed by atoms with Crippen LogP contribution >= 0.6 is 22.7 Å². The predicted molar refractivity (Wildman–Crippen MR) is 125 cm³/mol. The third-order valence-corrected chi connectivity index (χ3v) is 10.1. The highest BCUT2D eigenvalue weighted by atomic mass is 32.2. The summed E-state index contributed by atoms with van der Waals surface area (Å²) < 4.78 is 30.5. The zero-order chi connectivity index (χ0) is 21.6. The highest BCUT2D eigenvalue weighted by Crippen LogP contribution is 2.28. The maximum absolute atomic E-state index is 13.0. The van der Waals surface area contributed by atoms with E-state index in [-0.39, 0.29) is 12.5 Å². The lowest BCUT2D eigenvalue weighted by Crippen LogP contribution is -2.42. The second-order valence-corrected chi connectivity index (χ2v) is 11.8. The molecule has 2 aromatic carbocycles. The topological polar surface area (TPSA) is 71.7 Å². The number of carbonyl (C=O) groups is 1. The molecule has 1 aliphatic rings. The van der Waals surface area contributed by atoms with Gasteiger partial charge in [-0.05, 0) is 35.7 Å². The average Bonchev–Trinajstić information content (AvgIpc) is 3.43. The Morgan fingerprint density at radius 2 is 1.97 bits per heavy atom. The summed E-state index contributed by atoms with van der Waals surface area (Å²) in [6.45, 7) is 0.618. The van der Waals surface area contributed by atoms with Crippen molar-refractivity contribution in [3.8, 4) is 0 Å². The zero-order valence-corrected chi connectivity index (χ0v) is 19.3. The molecule has 9 heteroatoms. The fourth-order valence-corrected chi connectivity index (χ4v) is 7.82. The van der Waals surface area contributed by atoms with Gasteiger partial charge in [-0.3, -0.25) is 4.79 Å². The first-order valence-electron chi connectivity index (χ1n) is 10.0. The van der Waals surface area contributed by atoms with Crippen molar-refractivity contribution in [3.63, 3.8) is 0 Å². The van der Waals surface area contributed by atoms with Crippen molar-refractivity contribution in [2.45, 2.75) is 17.1 Å². The Kier molecular flexibility index (Phi) is 5.29. The van der Waals surface area contributed by atoms with Crippen LogP contribution < -0.4 is 4.80 Å². The lowest BCUT2D eigenvalue weighted by Gasteiger charge is -2.29. The first-order chi connectivity index (χ1) is 14.9. The fourth-order valence-electron chi connectivity index (χ4n) is 4.11. The van der Waals surface area contributed by atoms with Crippen LogP contribution in [0.1, 0.15) is 12.8 Å². The Balaban J connectivity index is 1.47. The summed E-state index contributed by atoms with van der Waals surface area (Å²) in [5, 5.41) is 4.02. The van der Waals surface area contributed by atoms with Crippen molar-refractivity contribution in [2.75, 3.05) is 13.1 Å². The van der Waals surface area contributed by atoms with E-state index in [0.717, 1.165) is 21.0 Å². The van der Waals surface area contributed by atoms with Gasteiger partial charge in [0.25, 0.3) is 15.9 Å². The Bertz CT molecular complexity index is 1450. The van der Waals surface area contributed by atoms with Crippen molar-refractivity contribution >= 4 is 59.6 Å². The van der Waals surface area contributed by atoms with E-state index in [4.69, 9.17) is 0 Å². The molecule has 31 heavy (non-hydrogen) atoms. The number of thiophene rings is 1. The highest BCUT2D eigenvalue weighted by Gasteiger charge is 2.33. The van der Waals surface area contributed by atoms with Crippen molar-refractivity contribution in [1.82, 2.24) is 8.87 Å². The van der Waals surface area contributed by atoms with Gasteiger partial charge in [0.1, 0.15) is 4.21 Å². The monoisotopic (exact) mass is 471 g/mol. The summed E-state index contributed by atoms with van der Waals surface area (Å²) in [4.78, 5) is 18.1. The van der Waals surface area contributed by atoms with Gasteiger partial charge in [-0.15, -0.1) is 11.3 Å². The maximum atomic E-state index is 13.0. The number of aryl methyl sites for hydroxylation is 1. The van der Waals surface area contributed by atoms with E-state index >= 15 is 0 Å². The summed E-state index contributed by atoms with van der Waals surface area (Å²) in [5.74, 6) is -0.678. The Labute approximate surface area is 188 Å². The molecular weight excluding hydrogens is 450 g/mol. The number of sulfonamides is 1. The standard InChI is InChI=1S/C22H21N3O3S3/c1-24-20-17-8-3-2-6-15(17)10-11-18(20)30-22(24)23-21(26)16-7-4-12-25(14-16)31(27,28)19-9-5-13-29-19/h2-3,5-6,8-11,13,16H,4,7,12,14H2,1H3.